The summed E-state index contributed by atoms with van der Waals surface area (Å²) in [6.45, 7) is 1.43. The van der Waals surface area contributed by atoms with E-state index >= 15 is 0 Å². The van der Waals surface area contributed by atoms with Crippen LogP contribution in [0.3, 0.4) is 0 Å². The molecular formula is C10H12FN3O2. The normalized spacial score (nSPS) is 11.9. The number of amides is 2. The van der Waals surface area contributed by atoms with Crippen LogP contribution in [-0.2, 0) is 4.79 Å². The molecule has 0 aliphatic carbocycles. The fraction of sp³-hybridized carbons (Fsp3) is 0.200. The zero-order valence-electron chi connectivity index (χ0n) is 8.66. The number of nitrogen functional groups attached to an aromatic ring is 1. The van der Waals surface area contributed by atoms with Crippen LogP contribution in [0.25, 0.3) is 0 Å². The zero-order valence-corrected chi connectivity index (χ0v) is 8.66. The van der Waals surface area contributed by atoms with Gasteiger partial charge in [-0.05, 0) is 25.1 Å². The average molecular weight is 225 g/mol. The first-order valence-corrected chi connectivity index (χ1v) is 4.56. The minimum absolute atomic E-state index is 0.0469. The van der Waals surface area contributed by atoms with Crippen molar-refractivity contribution in [1.29, 1.82) is 0 Å². The van der Waals surface area contributed by atoms with Crippen molar-refractivity contribution in [2.24, 2.45) is 5.73 Å². The van der Waals surface area contributed by atoms with Crippen LogP contribution in [0.15, 0.2) is 18.2 Å². The Morgan fingerprint density at radius 2 is 2.00 bits per heavy atom. The molecule has 1 rings (SSSR count). The van der Waals surface area contributed by atoms with Gasteiger partial charge in [0.1, 0.15) is 11.9 Å². The summed E-state index contributed by atoms with van der Waals surface area (Å²) >= 11 is 0. The predicted molar refractivity (Wildman–Crippen MR) is 56.9 cm³/mol. The molecule has 0 heterocycles. The number of rotatable bonds is 3. The second-order valence-electron chi connectivity index (χ2n) is 3.37. The molecule has 0 bridgehead atoms. The Hall–Kier alpha value is -2.11. The van der Waals surface area contributed by atoms with Gasteiger partial charge in [0, 0.05) is 11.3 Å². The summed E-state index contributed by atoms with van der Waals surface area (Å²) < 4.78 is 12.9. The minimum atomic E-state index is -0.822. The van der Waals surface area contributed by atoms with Crippen LogP contribution in [0, 0.1) is 5.82 Å². The summed E-state index contributed by atoms with van der Waals surface area (Å²) in [5.74, 6) is -1.88. The summed E-state index contributed by atoms with van der Waals surface area (Å²) in [5.41, 5.74) is 10.5. The lowest BCUT2D eigenvalue weighted by Gasteiger charge is -2.10. The van der Waals surface area contributed by atoms with Crippen molar-refractivity contribution in [3.8, 4) is 0 Å². The van der Waals surface area contributed by atoms with Gasteiger partial charge >= 0.3 is 0 Å². The van der Waals surface area contributed by atoms with Crippen molar-refractivity contribution in [1.82, 2.24) is 5.32 Å². The number of primary amides is 1. The smallest absolute Gasteiger partial charge is 0.252 e. The number of nitrogens with two attached hydrogens (primary N) is 2. The fourth-order valence-corrected chi connectivity index (χ4v) is 1.09. The molecule has 1 unspecified atom stereocenters. The van der Waals surface area contributed by atoms with Gasteiger partial charge in [0.05, 0.1) is 0 Å². The third-order valence-electron chi connectivity index (χ3n) is 1.96. The second kappa shape index (κ2) is 4.61. The molecule has 0 spiro atoms. The number of carbonyl (C=O) groups excluding carboxylic acids is 2. The monoisotopic (exact) mass is 225 g/mol. The fourth-order valence-electron chi connectivity index (χ4n) is 1.09. The first kappa shape index (κ1) is 12.0. The quantitative estimate of drug-likeness (QED) is 0.632. The van der Waals surface area contributed by atoms with Crippen molar-refractivity contribution in [3.05, 3.63) is 29.6 Å². The lowest BCUT2D eigenvalue weighted by atomic mass is 10.1. The van der Waals surface area contributed by atoms with E-state index < -0.39 is 23.7 Å². The Kier molecular flexibility index (Phi) is 3.44. The molecule has 0 aliphatic rings. The molecule has 6 heteroatoms. The SMILES string of the molecule is CC(NC(=O)c1cc(N)cc(F)c1)C(N)=O. The molecule has 86 valence electrons. The molecule has 16 heavy (non-hydrogen) atoms. The molecular weight excluding hydrogens is 213 g/mol. The zero-order chi connectivity index (χ0) is 12.3. The van der Waals surface area contributed by atoms with Crippen LogP contribution >= 0.6 is 0 Å². The van der Waals surface area contributed by atoms with E-state index in [0.29, 0.717) is 0 Å². The molecule has 5 N–H and O–H groups in total. The molecule has 1 aromatic carbocycles. The van der Waals surface area contributed by atoms with Crippen LogP contribution in [0.2, 0.25) is 0 Å². The van der Waals surface area contributed by atoms with E-state index in [1.807, 2.05) is 0 Å². The highest BCUT2D eigenvalue weighted by molar-refractivity contribution is 5.97. The number of hydrogen-bond acceptors (Lipinski definition) is 3. The van der Waals surface area contributed by atoms with Crippen molar-refractivity contribution < 1.29 is 14.0 Å². The van der Waals surface area contributed by atoms with Crippen LogP contribution in [0.1, 0.15) is 17.3 Å². The summed E-state index contributed by atoms with van der Waals surface area (Å²) in [6.07, 6.45) is 0. The molecule has 1 aromatic rings. The van der Waals surface area contributed by atoms with Crippen LogP contribution in [0.5, 0.6) is 0 Å². The van der Waals surface area contributed by atoms with Gasteiger partial charge in [-0.1, -0.05) is 0 Å². The number of benzene rings is 1. The summed E-state index contributed by atoms with van der Waals surface area (Å²) in [6, 6.07) is 2.61. The molecule has 0 fully saturated rings. The summed E-state index contributed by atoms with van der Waals surface area (Å²) in [5, 5.41) is 2.31. The predicted octanol–water partition coefficient (Wildman–Crippen LogP) is 0.0115. The highest BCUT2D eigenvalue weighted by Gasteiger charge is 2.14. The molecule has 5 nitrogen and oxygen atoms in total. The van der Waals surface area contributed by atoms with Gasteiger partial charge in [0.15, 0.2) is 0 Å². The Morgan fingerprint density at radius 3 is 2.50 bits per heavy atom. The second-order valence-corrected chi connectivity index (χ2v) is 3.37. The topological polar surface area (TPSA) is 98.2 Å². The highest BCUT2D eigenvalue weighted by Crippen LogP contribution is 2.10. The Bertz CT molecular complexity index is 414. The largest absolute Gasteiger partial charge is 0.399 e. The van der Waals surface area contributed by atoms with Crippen LogP contribution < -0.4 is 16.8 Å². The molecule has 0 radical (unpaired) electrons. The Morgan fingerprint density at radius 1 is 1.38 bits per heavy atom. The van der Waals surface area contributed by atoms with Crippen LogP contribution in [-0.4, -0.2) is 17.9 Å². The van der Waals surface area contributed by atoms with Gasteiger partial charge in [0.2, 0.25) is 5.91 Å². The molecule has 0 saturated carbocycles. The molecule has 0 aromatic heterocycles. The number of anilines is 1. The lowest BCUT2D eigenvalue weighted by molar-refractivity contribution is -0.119. The van der Waals surface area contributed by atoms with E-state index in [0.717, 1.165) is 12.1 Å². The van der Waals surface area contributed by atoms with Gasteiger partial charge in [-0.15, -0.1) is 0 Å². The van der Waals surface area contributed by atoms with Gasteiger partial charge < -0.3 is 16.8 Å². The first-order valence-electron chi connectivity index (χ1n) is 4.56. The summed E-state index contributed by atoms with van der Waals surface area (Å²) in [7, 11) is 0. The van der Waals surface area contributed by atoms with Gasteiger partial charge in [0.25, 0.3) is 5.91 Å². The summed E-state index contributed by atoms with van der Waals surface area (Å²) in [4.78, 5) is 22.2. The number of carbonyl (C=O) groups is 2. The standard InChI is InChI=1S/C10H12FN3O2/c1-5(9(13)15)14-10(16)6-2-7(11)4-8(12)3-6/h2-5H,12H2,1H3,(H2,13,15)(H,14,16). The van der Waals surface area contributed by atoms with Crippen molar-refractivity contribution in [2.75, 3.05) is 5.73 Å². The minimum Gasteiger partial charge on any atom is -0.399 e. The van der Waals surface area contributed by atoms with Crippen molar-refractivity contribution in [3.63, 3.8) is 0 Å². The third-order valence-corrected chi connectivity index (χ3v) is 1.96. The maximum atomic E-state index is 12.9. The van der Waals surface area contributed by atoms with E-state index in [-0.39, 0.29) is 11.3 Å². The van der Waals surface area contributed by atoms with E-state index in [1.165, 1.54) is 13.0 Å². The molecule has 0 saturated heterocycles. The first-order chi connectivity index (χ1) is 7.40. The van der Waals surface area contributed by atoms with E-state index in [9.17, 15) is 14.0 Å². The Labute approximate surface area is 91.6 Å². The van der Waals surface area contributed by atoms with Gasteiger partial charge in [-0.25, -0.2) is 4.39 Å². The maximum absolute atomic E-state index is 12.9. The molecule has 2 amide bonds. The van der Waals surface area contributed by atoms with Crippen LogP contribution in [0.4, 0.5) is 10.1 Å². The van der Waals surface area contributed by atoms with Crippen molar-refractivity contribution >= 4 is 17.5 Å². The van der Waals surface area contributed by atoms with E-state index in [4.69, 9.17) is 11.5 Å². The van der Waals surface area contributed by atoms with Gasteiger partial charge in [-0.2, -0.15) is 0 Å². The third kappa shape index (κ3) is 2.94. The number of hydrogen-bond donors (Lipinski definition) is 3. The molecule has 0 aliphatic heterocycles. The molecule has 1 atom stereocenters. The van der Waals surface area contributed by atoms with Gasteiger partial charge in [-0.3, -0.25) is 9.59 Å². The lowest BCUT2D eigenvalue weighted by Crippen LogP contribution is -2.42. The Balaban J connectivity index is 2.84. The van der Waals surface area contributed by atoms with E-state index in [1.54, 1.807) is 0 Å². The average Bonchev–Trinajstić information content (AvgIpc) is 2.15. The van der Waals surface area contributed by atoms with E-state index in [2.05, 4.69) is 5.32 Å². The number of halogens is 1. The maximum Gasteiger partial charge on any atom is 0.252 e. The van der Waals surface area contributed by atoms with Crippen molar-refractivity contribution in [2.45, 2.75) is 13.0 Å². The number of nitrogens with one attached hydrogen (secondary N) is 1. The highest BCUT2D eigenvalue weighted by atomic mass is 19.1.